The van der Waals surface area contributed by atoms with Crippen molar-refractivity contribution in [2.24, 2.45) is 0 Å². The summed E-state index contributed by atoms with van der Waals surface area (Å²) in [6.45, 7) is 0.465. The minimum Gasteiger partial charge on any atom is -0.481 e. The lowest BCUT2D eigenvalue weighted by molar-refractivity contribution is -0.133. The van der Waals surface area contributed by atoms with E-state index < -0.39 is 5.97 Å². The zero-order chi connectivity index (χ0) is 16.2. The third kappa shape index (κ3) is 3.72. The minimum atomic E-state index is -0.910. The molecule has 118 valence electrons. The number of thioether (sulfide) groups is 1. The molecule has 0 atom stereocenters. The quantitative estimate of drug-likeness (QED) is 0.687. The lowest BCUT2D eigenvalue weighted by atomic mass is 10.3. The highest BCUT2D eigenvalue weighted by molar-refractivity contribution is 7.99. The van der Waals surface area contributed by atoms with Crippen molar-refractivity contribution in [1.29, 1.82) is 0 Å². The molecule has 0 fully saturated rings. The Bertz CT molecular complexity index is 818. The van der Waals surface area contributed by atoms with Crippen LogP contribution in [0.25, 0.3) is 5.69 Å². The van der Waals surface area contributed by atoms with E-state index >= 15 is 0 Å². The number of aromatic nitrogens is 5. The maximum atomic E-state index is 10.8. The molecule has 0 unspecified atom stereocenters. The van der Waals surface area contributed by atoms with E-state index in [1.807, 2.05) is 22.9 Å². The first-order valence-corrected chi connectivity index (χ1v) is 8.00. The van der Waals surface area contributed by atoms with Gasteiger partial charge >= 0.3 is 5.97 Å². The van der Waals surface area contributed by atoms with Crippen molar-refractivity contribution in [3.63, 3.8) is 0 Å². The van der Waals surface area contributed by atoms with Crippen LogP contribution in [0, 0.1) is 0 Å². The van der Waals surface area contributed by atoms with Gasteiger partial charge in [-0.25, -0.2) is 4.98 Å². The Labute approximate surface area is 140 Å². The van der Waals surface area contributed by atoms with Gasteiger partial charge in [0, 0.05) is 17.4 Å². The normalized spacial score (nSPS) is 10.8. The summed E-state index contributed by atoms with van der Waals surface area (Å²) in [5, 5.41) is 18.3. The van der Waals surface area contributed by atoms with Gasteiger partial charge in [-0.2, -0.15) is 0 Å². The van der Waals surface area contributed by atoms with Gasteiger partial charge in [-0.15, -0.1) is 10.2 Å². The summed E-state index contributed by atoms with van der Waals surface area (Å²) in [5.41, 5.74) is 0.783. The second-order valence-corrected chi connectivity index (χ2v) is 6.01. The van der Waals surface area contributed by atoms with Gasteiger partial charge in [-0.05, 0) is 18.2 Å². The van der Waals surface area contributed by atoms with Gasteiger partial charge in [0.2, 0.25) is 0 Å². The first-order chi connectivity index (χ1) is 11.1. The molecular formula is C14H12ClN5O2S. The standard InChI is InChI=1S/C14H12ClN5O2S/c15-10-2-1-3-11(6-10)20-12(7-19-5-4-16-9-19)17-18-14(20)23-8-13(21)22/h1-6,9H,7-8H2,(H,21,22). The van der Waals surface area contributed by atoms with Gasteiger partial charge in [0.05, 0.1) is 24.3 Å². The molecule has 0 bridgehead atoms. The van der Waals surface area contributed by atoms with E-state index in [-0.39, 0.29) is 5.75 Å². The fraction of sp³-hybridized carbons (Fsp3) is 0.143. The molecule has 0 spiro atoms. The average Bonchev–Trinajstić information content (AvgIpc) is 3.15. The summed E-state index contributed by atoms with van der Waals surface area (Å²) >= 11 is 7.18. The van der Waals surface area contributed by atoms with Gasteiger partial charge in [-0.1, -0.05) is 29.4 Å². The Morgan fingerprint density at radius 1 is 1.35 bits per heavy atom. The Morgan fingerprint density at radius 3 is 2.91 bits per heavy atom. The number of hydrogen-bond acceptors (Lipinski definition) is 5. The number of nitrogens with zero attached hydrogens (tertiary/aromatic N) is 5. The summed E-state index contributed by atoms with van der Waals surface area (Å²) in [5.74, 6) is -0.339. The molecule has 9 heteroatoms. The van der Waals surface area contributed by atoms with E-state index in [1.54, 1.807) is 29.2 Å². The van der Waals surface area contributed by atoms with Crippen molar-refractivity contribution in [2.45, 2.75) is 11.7 Å². The first kappa shape index (κ1) is 15.6. The number of rotatable bonds is 6. The van der Waals surface area contributed by atoms with Crippen LogP contribution in [0.3, 0.4) is 0 Å². The summed E-state index contributed by atoms with van der Waals surface area (Å²) in [6.07, 6.45) is 5.18. The molecule has 1 aromatic carbocycles. The lowest BCUT2D eigenvalue weighted by Gasteiger charge is -2.10. The molecule has 23 heavy (non-hydrogen) atoms. The van der Waals surface area contributed by atoms with Crippen LogP contribution in [0.1, 0.15) is 5.82 Å². The number of benzene rings is 1. The molecule has 7 nitrogen and oxygen atoms in total. The highest BCUT2D eigenvalue weighted by Crippen LogP contribution is 2.24. The molecule has 0 amide bonds. The van der Waals surface area contributed by atoms with Gasteiger partial charge < -0.3 is 9.67 Å². The molecule has 3 rings (SSSR count). The fourth-order valence-corrected chi connectivity index (χ4v) is 2.92. The number of aliphatic carboxylic acids is 1. The number of carbonyl (C=O) groups is 1. The number of hydrogen-bond donors (Lipinski definition) is 1. The van der Waals surface area contributed by atoms with Crippen molar-refractivity contribution in [3.05, 3.63) is 53.8 Å². The second kappa shape index (κ2) is 6.84. The highest BCUT2D eigenvalue weighted by Gasteiger charge is 2.16. The van der Waals surface area contributed by atoms with Gasteiger partial charge in [0.1, 0.15) is 0 Å². The zero-order valence-corrected chi connectivity index (χ0v) is 13.4. The predicted octanol–water partition coefficient (Wildman–Crippen LogP) is 2.34. The van der Waals surface area contributed by atoms with Gasteiger partial charge in [-0.3, -0.25) is 9.36 Å². The summed E-state index contributed by atoms with van der Waals surface area (Å²) in [6, 6.07) is 7.25. The Hall–Kier alpha value is -2.32. The summed E-state index contributed by atoms with van der Waals surface area (Å²) < 4.78 is 3.66. The predicted molar refractivity (Wildman–Crippen MR) is 86.1 cm³/mol. The summed E-state index contributed by atoms with van der Waals surface area (Å²) in [7, 11) is 0. The van der Waals surface area contributed by atoms with Crippen LogP contribution < -0.4 is 0 Å². The van der Waals surface area contributed by atoms with Gasteiger partial charge in [0.15, 0.2) is 11.0 Å². The van der Waals surface area contributed by atoms with Crippen LogP contribution in [0.5, 0.6) is 0 Å². The molecule has 2 aromatic heterocycles. The zero-order valence-electron chi connectivity index (χ0n) is 11.8. The molecule has 0 saturated heterocycles. The third-order valence-corrected chi connectivity index (χ3v) is 4.12. The van der Waals surface area contributed by atoms with Crippen molar-refractivity contribution < 1.29 is 9.90 Å². The Morgan fingerprint density at radius 2 is 2.22 bits per heavy atom. The van der Waals surface area contributed by atoms with Crippen molar-refractivity contribution in [2.75, 3.05) is 5.75 Å². The van der Waals surface area contributed by atoms with Crippen LogP contribution >= 0.6 is 23.4 Å². The Kier molecular flexibility index (Phi) is 4.63. The fourth-order valence-electron chi connectivity index (χ4n) is 2.04. The molecule has 0 aliphatic carbocycles. The van der Waals surface area contributed by atoms with E-state index in [0.29, 0.717) is 22.5 Å². The molecule has 0 aliphatic heterocycles. The molecule has 1 N–H and O–H groups in total. The Balaban J connectivity index is 2.00. The van der Waals surface area contributed by atoms with Crippen molar-refractivity contribution in [1.82, 2.24) is 24.3 Å². The number of carboxylic acids is 1. The third-order valence-electron chi connectivity index (χ3n) is 2.97. The van der Waals surface area contributed by atoms with Crippen molar-refractivity contribution >= 4 is 29.3 Å². The topological polar surface area (TPSA) is 85.8 Å². The van der Waals surface area contributed by atoms with Crippen LogP contribution in [0.15, 0.2) is 48.1 Å². The monoisotopic (exact) mass is 349 g/mol. The molecular weight excluding hydrogens is 338 g/mol. The largest absolute Gasteiger partial charge is 0.481 e. The van der Waals surface area contributed by atoms with Crippen LogP contribution in [0.2, 0.25) is 5.02 Å². The van der Waals surface area contributed by atoms with E-state index in [9.17, 15) is 4.79 Å². The molecule has 3 aromatic rings. The SMILES string of the molecule is O=C(O)CSc1nnc(Cn2ccnc2)n1-c1cccc(Cl)c1. The highest BCUT2D eigenvalue weighted by atomic mass is 35.5. The summed E-state index contributed by atoms with van der Waals surface area (Å²) in [4.78, 5) is 14.8. The number of carboxylic acid groups (broad SMARTS) is 1. The van der Waals surface area contributed by atoms with E-state index in [2.05, 4.69) is 15.2 Å². The van der Waals surface area contributed by atoms with Gasteiger partial charge in [0.25, 0.3) is 0 Å². The maximum absolute atomic E-state index is 10.8. The maximum Gasteiger partial charge on any atom is 0.313 e. The first-order valence-electron chi connectivity index (χ1n) is 6.64. The lowest BCUT2D eigenvalue weighted by Crippen LogP contribution is -2.08. The number of halogens is 1. The van der Waals surface area contributed by atoms with E-state index in [1.165, 1.54) is 0 Å². The molecule has 2 heterocycles. The molecule has 0 radical (unpaired) electrons. The average molecular weight is 350 g/mol. The van der Waals surface area contributed by atoms with E-state index in [0.717, 1.165) is 17.4 Å². The number of imidazole rings is 1. The van der Waals surface area contributed by atoms with E-state index in [4.69, 9.17) is 16.7 Å². The van der Waals surface area contributed by atoms with Crippen LogP contribution in [-0.2, 0) is 11.3 Å². The second-order valence-electron chi connectivity index (χ2n) is 4.63. The van der Waals surface area contributed by atoms with Crippen LogP contribution in [0.4, 0.5) is 0 Å². The smallest absolute Gasteiger partial charge is 0.313 e. The molecule has 0 aliphatic rings. The van der Waals surface area contributed by atoms with Crippen molar-refractivity contribution in [3.8, 4) is 5.69 Å². The molecule has 0 saturated carbocycles. The minimum absolute atomic E-state index is 0.0935. The van der Waals surface area contributed by atoms with Crippen LogP contribution in [-0.4, -0.2) is 41.1 Å².